The van der Waals surface area contributed by atoms with Crippen molar-refractivity contribution in [2.45, 2.75) is 75.9 Å². The van der Waals surface area contributed by atoms with Gasteiger partial charge in [-0.25, -0.2) is 12.8 Å². The average Bonchev–Trinajstić information content (AvgIpc) is 3.10. The van der Waals surface area contributed by atoms with Crippen LogP contribution in [0.3, 0.4) is 0 Å². The molecule has 1 fully saturated rings. The molecule has 0 radical (unpaired) electrons. The standard InChI is InChI=1S/C39H44FN3O5S/c1-28-14-21-34(22-15-28)49(46,47)43(35-24-29(2)16-23-37(35)48-3)27-38(44)42(26-31-17-19-32(40)20-18-31)36(25-30-10-6-4-7-11-30)39(45)41-33-12-8-5-9-13-33/h4,6-7,10-11,14-24,33,36H,5,8-9,12-13,25-27H2,1-3H3,(H,41,45)/t36-/m0/s1. The van der Waals surface area contributed by atoms with Crippen LogP contribution >= 0.6 is 0 Å². The summed E-state index contributed by atoms with van der Waals surface area (Å²) in [6.45, 7) is 3.03. The van der Waals surface area contributed by atoms with E-state index in [1.807, 2.05) is 44.2 Å². The van der Waals surface area contributed by atoms with Gasteiger partial charge in [0, 0.05) is 19.0 Å². The first kappa shape index (κ1) is 35.6. The highest BCUT2D eigenvalue weighted by Crippen LogP contribution is 2.34. The summed E-state index contributed by atoms with van der Waals surface area (Å²) in [6.07, 6.45) is 5.04. The Morgan fingerprint density at radius 2 is 1.51 bits per heavy atom. The molecule has 1 atom stereocenters. The zero-order valence-electron chi connectivity index (χ0n) is 28.3. The van der Waals surface area contributed by atoms with Crippen LogP contribution in [0.1, 0.15) is 54.4 Å². The maximum Gasteiger partial charge on any atom is 0.264 e. The van der Waals surface area contributed by atoms with E-state index in [-0.39, 0.29) is 41.2 Å². The molecule has 0 saturated heterocycles. The van der Waals surface area contributed by atoms with Crippen molar-refractivity contribution in [1.82, 2.24) is 10.2 Å². The highest BCUT2D eigenvalue weighted by Gasteiger charge is 2.36. The summed E-state index contributed by atoms with van der Waals surface area (Å²) in [5.41, 5.74) is 3.29. The number of rotatable bonds is 13. The predicted octanol–water partition coefficient (Wildman–Crippen LogP) is 6.74. The highest BCUT2D eigenvalue weighted by atomic mass is 32.2. The monoisotopic (exact) mass is 685 g/mol. The summed E-state index contributed by atoms with van der Waals surface area (Å²) < 4.78 is 49.5. The van der Waals surface area contributed by atoms with Crippen molar-refractivity contribution in [3.63, 3.8) is 0 Å². The topological polar surface area (TPSA) is 96.0 Å². The lowest BCUT2D eigenvalue weighted by Gasteiger charge is -2.35. The van der Waals surface area contributed by atoms with E-state index in [4.69, 9.17) is 4.74 Å². The van der Waals surface area contributed by atoms with Crippen molar-refractivity contribution in [1.29, 1.82) is 0 Å². The molecule has 4 aromatic carbocycles. The molecule has 2 amide bonds. The molecule has 1 aliphatic carbocycles. The van der Waals surface area contributed by atoms with Gasteiger partial charge in [0.05, 0.1) is 17.7 Å². The molecule has 0 aromatic heterocycles. The largest absolute Gasteiger partial charge is 0.495 e. The second-order valence-corrected chi connectivity index (χ2v) is 14.6. The van der Waals surface area contributed by atoms with Crippen LogP contribution in [-0.2, 0) is 32.6 Å². The molecule has 8 nitrogen and oxygen atoms in total. The molecule has 1 N–H and O–H groups in total. The number of benzene rings is 4. The van der Waals surface area contributed by atoms with E-state index in [1.54, 1.807) is 42.5 Å². The number of aryl methyl sites for hydroxylation is 2. The van der Waals surface area contributed by atoms with Gasteiger partial charge in [-0.2, -0.15) is 0 Å². The van der Waals surface area contributed by atoms with E-state index in [0.717, 1.165) is 53.1 Å². The molecule has 1 aliphatic rings. The first-order valence-corrected chi connectivity index (χ1v) is 18.1. The fourth-order valence-electron chi connectivity index (χ4n) is 6.23. The van der Waals surface area contributed by atoms with E-state index in [2.05, 4.69) is 5.32 Å². The summed E-state index contributed by atoms with van der Waals surface area (Å²) in [4.78, 5) is 30.4. The van der Waals surface area contributed by atoms with Crippen molar-refractivity contribution in [3.8, 4) is 5.75 Å². The molecule has 49 heavy (non-hydrogen) atoms. The van der Waals surface area contributed by atoms with Gasteiger partial charge in [0.15, 0.2) is 0 Å². The Bertz CT molecular complexity index is 1830. The van der Waals surface area contributed by atoms with Crippen LogP contribution in [0.25, 0.3) is 0 Å². The van der Waals surface area contributed by atoms with E-state index < -0.39 is 34.3 Å². The molecule has 258 valence electrons. The number of anilines is 1. The van der Waals surface area contributed by atoms with E-state index in [0.29, 0.717) is 5.56 Å². The zero-order chi connectivity index (χ0) is 35.0. The van der Waals surface area contributed by atoms with Gasteiger partial charge in [-0.05, 0) is 79.8 Å². The molecule has 0 spiro atoms. The predicted molar refractivity (Wildman–Crippen MR) is 189 cm³/mol. The Morgan fingerprint density at radius 1 is 0.857 bits per heavy atom. The van der Waals surface area contributed by atoms with E-state index in [9.17, 15) is 22.4 Å². The lowest BCUT2D eigenvalue weighted by Crippen LogP contribution is -2.55. The Kier molecular flexibility index (Phi) is 11.7. The van der Waals surface area contributed by atoms with Gasteiger partial charge in [0.2, 0.25) is 11.8 Å². The molecule has 0 unspecified atom stereocenters. The summed E-state index contributed by atoms with van der Waals surface area (Å²) >= 11 is 0. The van der Waals surface area contributed by atoms with Gasteiger partial charge >= 0.3 is 0 Å². The molecule has 0 bridgehead atoms. The number of hydrogen-bond acceptors (Lipinski definition) is 5. The lowest BCUT2D eigenvalue weighted by atomic mass is 9.94. The number of hydrogen-bond donors (Lipinski definition) is 1. The van der Waals surface area contributed by atoms with Crippen LogP contribution in [0.5, 0.6) is 5.75 Å². The third-order valence-corrected chi connectivity index (χ3v) is 10.8. The van der Waals surface area contributed by atoms with E-state index >= 15 is 0 Å². The first-order chi connectivity index (χ1) is 23.5. The van der Waals surface area contributed by atoms with Crippen LogP contribution in [0, 0.1) is 19.7 Å². The minimum absolute atomic E-state index is 0.00965. The van der Waals surface area contributed by atoms with Gasteiger partial charge < -0.3 is 15.0 Å². The second-order valence-electron chi connectivity index (χ2n) is 12.7. The van der Waals surface area contributed by atoms with Crippen molar-refractivity contribution in [2.75, 3.05) is 18.0 Å². The average molecular weight is 686 g/mol. The zero-order valence-corrected chi connectivity index (χ0v) is 29.1. The van der Waals surface area contributed by atoms with Crippen molar-refractivity contribution < 1.29 is 27.1 Å². The molecule has 5 rings (SSSR count). The van der Waals surface area contributed by atoms with Gasteiger partial charge in [0.1, 0.15) is 24.2 Å². The second kappa shape index (κ2) is 16.1. The maximum atomic E-state index is 14.8. The third-order valence-electron chi connectivity index (χ3n) is 8.98. The Balaban J connectivity index is 1.60. The van der Waals surface area contributed by atoms with Gasteiger partial charge in [-0.1, -0.05) is 85.5 Å². The fraction of sp³-hybridized carbons (Fsp3) is 0.333. The molecule has 0 aliphatic heterocycles. The normalized spacial score (nSPS) is 14.1. The van der Waals surface area contributed by atoms with Crippen molar-refractivity contribution in [3.05, 3.63) is 125 Å². The number of carbonyl (C=O) groups excluding carboxylic acids is 2. The van der Waals surface area contributed by atoms with E-state index in [1.165, 1.54) is 36.3 Å². The summed E-state index contributed by atoms with van der Waals surface area (Å²) in [6, 6.07) is 25.7. The lowest BCUT2D eigenvalue weighted by molar-refractivity contribution is -0.140. The molecular formula is C39H44FN3O5S. The third kappa shape index (κ3) is 9.06. The number of ether oxygens (including phenoxy) is 1. The minimum Gasteiger partial charge on any atom is -0.495 e. The number of methoxy groups -OCH3 is 1. The highest BCUT2D eigenvalue weighted by molar-refractivity contribution is 7.92. The maximum absolute atomic E-state index is 14.8. The smallest absolute Gasteiger partial charge is 0.264 e. The number of amides is 2. The first-order valence-electron chi connectivity index (χ1n) is 16.7. The summed E-state index contributed by atoms with van der Waals surface area (Å²) in [5, 5.41) is 3.20. The van der Waals surface area contributed by atoms with Crippen molar-refractivity contribution in [2.24, 2.45) is 0 Å². The number of carbonyl (C=O) groups is 2. The van der Waals surface area contributed by atoms with Crippen LogP contribution in [-0.4, -0.2) is 50.9 Å². The SMILES string of the molecule is COc1ccc(C)cc1N(CC(=O)N(Cc1ccc(F)cc1)[C@@H](Cc1ccccc1)C(=O)NC1CCCCC1)S(=O)(=O)c1ccc(C)cc1. The Morgan fingerprint density at radius 3 is 2.16 bits per heavy atom. The van der Waals surface area contributed by atoms with Crippen LogP contribution in [0.15, 0.2) is 102 Å². The van der Waals surface area contributed by atoms with Gasteiger partial charge in [0.25, 0.3) is 10.0 Å². The Hall–Kier alpha value is -4.70. The van der Waals surface area contributed by atoms with Crippen LogP contribution < -0.4 is 14.4 Å². The van der Waals surface area contributed by atoms with Gasteiger partial charge in [-0.3, -0.25) is 13.9 Å². The molecule has 1 saturated carbocycles. The molecule has 4 aromatic rings. The number of sulfonamides is 1. The van der Waals surface area contributed by atoms with Gasteiger partial charge in [-0.15, -0.1) is 0 Å². The Labute approximate surface area is 289 Å². The molecule has 10 heteroatoms. The summed E-state index contributed by atoms with van der Waals surface area (Å²) in [5.74, 6) is -1.06. The van der Waals surface area contributed by atoms with Crippen molar-refractivity contribution >= 4 is 27.5 Å². The molecular weight excluding hydrogens is 642 g/mol. The number of nitrogens with zero attached hydrogens (tertiary/aromatic N) is 2. The van der Waals surface area contributed by atoms with Crippen LogP contribution in [0.4, 0.5) is 10.1 Å². The number of nitrogens with one attached hydrogen (secondary N) is 1. The number of halogens is 1. The quantitative estimate of drug-likeness (QED) is 0.168. The fourth-order valence-corrected chi connectivity index (χ4v) is 7.65. The summed E-state index contributed by atoms with van der Waals surface area (Å²) in [7, 11) is -2.86. The van der Waals surface area contributed by atoms with Crippen LogP contribution in [0.2, 0.25) is 0 Å². The molecule has 0 heterocycles. The minimum atomic E-state index is -4.30.